The zero-order valence-electron chi connectivity index (χ0n) is 9.68. The van der Waals surface area contributed by atoms with E-state index in [9.17, 15) is 9.59 Å². The molecule has 0 spiro atoms. The number of hydrogen-bond donors (Lipinski definition) is 1. The second-order valence-corrected chi connectivity index (χ2v) is 4.43. The van der Waals surface area contributed by atoms with Gasteiger partial charge in [-0.05, 0) is 24.5 Å². The Kier molecular flexibility index (Phi) is 3.17. The maximum atomic E-state index is 11.9. The molecule has 5 nitrogen and oxygen atoms in total. The number of rotatable bonds is 5. The molecule has 1 amide bonds. The molecule has 0 radical (unpaired) electrons. The highest BCUT2D eigenvalue weighted by atomic mass is 16.4. The molecule has 92 valence electrons. The molecular weight excluding hydrogens is 222 g/mol. The minimum absolute atomic E-state index is 0.0840. The summed E-state index contributed by atoms with van der Waals surface area (Å²) < 4.78 is 4.96. The van der Waals surface area contributed by atoms with Gasteiger partial charge in [-0.2, -0.15) is 0 Å². The van der Waals surface area contributed by atoms with E-state index in [0.29, 0.717) is 6.54 Å². The Morgan fingerprint density at radius 1 is 1.41 bits per heavy atom. The number of carbonyl (C=O) groups is 2. The minimum atomic E-state index is -1.16. The van der Waals surface area contributed by atoms with Gasteiger partial charge < -0.3 is 14.4 Å². The lowest BCUT2D eigenvalue weighted by Crippen LogP contribution is -2.27. The summed E-state index contributed by atoms with van der Waals surface area (Å²) >= 11 is 0. The number of furan rings is 1. The van der Waals surface area contributed by atoms with Crippen LogP contribution in [0.1, 0.15) is 40.4 Å². The van der Waals surface area contributed by atoms with Crippen LogP contribution in [0.25, 0.3) is 0 Å². The van der Waals surface area contributed by atoms with Gasteiger partial charge in [-0.25, -0.2) is 4.79 Å². The molecule has 1 heterocycles. The van der Waals surface area contributed by atoms with Gasteiger partial charge in [-0.1, -0.05) is 12.8 Å². The van der Waals surface area contributed by atoms with Crippen LogP contribution in [0.15, 0.2) is 16.5 Å². The Labute approximate surface area is 99.0 Å². The molecule has 0 unspecified atom stereocenters. The molecule has 1 aliphatic rings. The predicted octanol–water partition coefficient (Wildman–Crippen LogP) is 1.85. The van der Waals surface area contributed by atoms with Crippen molar-refractivity contribution >= 4 is 11.9 Å². The zero-order valence-corrected chi connectivity index (χ0v) is 9.68. The summed E-state index contributed by atoms with van der Waals surface area (Å²) in [6.45, 7) is 0.687. The molecule has 1 aromatic rings. The van der Waals surface area contributed by atoms with E-state index in [4.69, 9.17) is 9.52 Å². The monoisotopic (exact) mass is 237 g/mol. The van der Waals surface area contributed by atoms with Crippen LogP contribution in [0, 0.1) is 5.92 Å². The topological polar surface area (TPSA) is 70.8 Å². The third-order valence-electron chi connectivity index (χ3n) is 2.94. The van der Waals surface area contributed by atoms with Crippen LogP contribution in [0.3, 0.4) is 0 Å². The van der Waals surface area contributed by atoms with Gasteiger partial charge in [0.05, 0.1) is 0 Å². The maximum Gasteiger partial charge on any atom is 0.371 e. The first-order valence-corrected chi connectivity index (χ1v) is 5.66. The first-order chi connectivity index (χ1) is 8.08. The van der Waals surface area contributed by atoms with Gasteiger partial charge in [-0.3, -0.25) is 4.79 Å². The second kappa shape index (κ2) is 4.61. The van der Waals surface area contributed by atoms with E-state index < -0.39 is 5.97 Å². The molecular formula is C12H15NO4. The van der Waals surface area contributed by atoms with Crippen molar-refractivity contribution in [2.75, 3.05) is 13.6 Å². The molecule has 1 aliphatic carbocycles. The number of carbonyl (C=O) groups excluding carboxylic acids is 1. The summed E-state index contributed by atoms with van der Waals surface area (Å²) in [6.07, 6.45) is 3.52. The Bertz CT molecular complexity index is 433. The van der Waals surface area contributed by atoms with Gasteiger partial charge in [0, 0.05) is 13.6 Å². The average molecular weight is 237 g/mol. The maximum absolute atomic E-state index is 11.9. The molecule has 0 aromatic carbocycles. The lowest BCUT2D eigenvalue weighted by atomic mass is 10.2. The molecule has 1 aromatic heterocycles. The summed E-state index contributed by atoms with van der Waals surface area (Å²) in [4.78, 5) is 24.0. The van der Waals surface area contributed by atoms with Crippen LogP contribution in [0.4, 0.5) is 0 Å². The van der Waals surface area contributed by atoms with Crippen LogP contribution in [0.5, 0.6) is 0 Å². The summed E-state index contributed by atoms with van der Waals surface area (Å²) in [6, 6.07) is 2.70. The fourth-order valence-corrected chi connectivity index (χ4v) is 1.64. The third-order valence-corrected chi connectivity index (χ3v) is 2.94. The first-order valence-electron chi connectivity index (χ1n) is 5.66. The summed E-state index contributed by atoms with van der Waals surface area (Å²) in [7, 11) is 1.70. The fourth-order valence-electron chi connectivity index (χ4n) is 1.64. The first kappa shape index (κ1) is 11.7. The minimum Gasteiger partial charge on any atom is -0.475 e. The largest absolute Gasteiger partial charge is 0.475 e. The van der Waals surface area contributed by atoms with Crippen LogP contribution < -0.4 is 0 Å². The quantitative estimate of drug-likeness (QED) is 0.848. The fraction of sp³-hybridized carbons (Fsp3) is 0.500. The number of nitrogens with zero attached hydrogens (tertiary/aromatic N) is 1. The number of hydrogen-bond acceptors (Lipinski definition) is 3. The van der Waals surface area contributed by atoms with Crippen LogP contribution in [-0.4, -0.2) is 35.5 Å². The van der Waals surface area contributed by atoms with Crippen molar-refractivity contribution in [2.24, 2.45) is 5.92 Å². The van der Waals surface area contributed by atoms with Crippen molar-refractivity contribution in [1.29, 1.82) is 0 Å². The van der Waals surface area contributed by atoms with Crippen molar-refractivity contribution in [1.82, 2.24) is 4.90 Å². The van der Waals surface area contributed by atoms with Crippen LogP contribution in [0.2, 0.25) is 0 Å². The highest BCUT2D eigenvalue weighted by Crippen LogP contribution is 2.32. The Balaban J connectivity index is 1.94. The Morgan fingerprint density at radius 2 is 2.06 bits per heavy atom. The number of amides is 1. The van der Waals surface area contributed by atoms with Gasteiger partial charge in [0.1, 0.15) is 0 Å². The molecule has 1 saturated carbocycles. The van der Waals surface area contributed by atoms with E-state index >= 15 is 0 Å². The van der Waals surface area contributed by atoms with Crippen molar-refractivity contribution in [3.05, 3.63) is 23.7 Å². The summed E-state index contributed by atoms with van der Waals surface area (Å²) in [5.74, 6) is -0.788. The van der Waals surface area contributed by atoms with Crippen LogP contribution in [-0.2, 0) is 0 Å². The standard InChI is InChI=1S/C12H15NO4/c1-13(7-6-8-2-3-8)11(14)9-4-5-10(17-9)12(15)16/h4-5,8H,2-3,6-7H2,1H3,(H,15,16). The molecule has 5 heteroatoms. The Hall–Kier alpha value is -1.78. The number of carboxylic acids is 1. The smallest absolute Gasteiger partial charge is 0.371 e. The molecule has 0 atom stereocenters. The highest BCUT2D eigenvalue weighted by molar-refractivity contribution is 5.93. The molecule has 17 heavy (non-hydrogen) atoms. The lowest BCUT2D eigenvalue weighted by Gasteiger charge is -2.15. The second-order valence-electron chi connectivity index (χ2n) is 4.43. The van der Waals surface area contributed by atoms with Crippen molar-refractivity contribution < 1.29 is 19.1 Å². The zero-order chi connectivity index (χ0) is 12.4. The highest BCUT2D eigenvalue weighted by Gasteiger charge is 2.23. The van der Waals surface area contributed by atoms with Crippen molar-refractivity contribution in [3.63, 3.8) is 0 Å². The Morgan fingerprint density at radius 3 is 2.59 bits per heavy atom. The van der Waals surface area contributed by atoms with E-state index in [0.717, 1.165) is 12.3 Å². The van der Waals surface area contributed by atoms with E-state index in [1.165, 1.54) is 25.0 Å². The van der Waals surface area contributed by atoms with Gasteiger partial charge >= 0.3 is 5.97 Å². The summed E-state index contributed by atoms with van der Waals surface area (Å²) in [5.41, 5.74) is 0. The van der Waals surface area contributed by atoms with Crippen molar-refractivity contribution in [2.45, 2.75) is 19.3 Å². The van der Waals surface area contributed by atoms with E-state index in [1.807, 2.05) is 0 Å². The summed E-state index contributed by atoms with van der Waals surface area (Å²) in [5, 5.41) is 8.68. The molecule has 0 bridgehead atoms. The molecule has 1 fully saturated rings. The van der Waals surface area contributed by atoms with Gasteiger partial charge in [0.15, 0.2) is 5.76 Å². The average Bonchev–Trinajstić information content (AvgIpc) is 2.99. The SMILES string of the molecule is CN(CCC1CC1)C(=O)c1ccc(C(=O)O)o1. The molecule has 2 rings (SSSR count). The molecule has 0 saturated heterocycles. The third kappa shape index (κ3) is 2.87. The van der Waals surface area contributed by atoms with Gasteiger partial charge in [0.25, 0.3) is 5.91 Å². The lowest BCUT2D eigenvalue weighted by molar-refractivity contribution is 0.0653. The van der Waals surface area contributed by atoms with Gasteiger partial charge in [-0.15, -0.1) is 0 Å². The van der Waals surface area contributed by atoms with Crippen molar-refractivity contribution in [3.8, 4) is 0 Å². The van der Waals surface area contributed by atoms with E-state index in [-0.39, 0.29) is 17.4 Å². The molecule has 0 aliphatic heterocycles. The molecule has 1 N–H and O–H groups in total. The number of aromatic carboxylic acids is 1. The van der Waals surface area contributed by atoms with Gasteiger partial charge in [0.2, 0.25) is 5.76 Å². The normalized spacial score (nSPS) is 14.6. The predicted molar refractivity (Wildman–Crippen MR) is 60.0 cm³/mol. The van der Waals surface area contributed by atoms with E-state index in [2.05, 4.69) is 0 Å². The van der Waals surface area contributed by atoms with Crippen LogP contribution >= 0.6 is 0 Å². The number of carboxylic acid groups (broad SMARTS) is 1. The van der Waals surface area contributed by atoms with E-state index in [1.54, 1.807) is 11.9 Å².